The van der Waals surface area contributed by atoms with Crippen molar-refractivity contribution in [3.63, 3.8) is 0 Å². The van der Waals surface area contributed by atoms with Crippen LogP contribution in [0.3, 0.4) is 0 Å². The molecule has 1 unspecified atom stereocenters. The number of nitrogens with one attached hydrogen (secondary N) is 1. The molecule has 2 aromatic carbocycles. The monoisotopic (exact) mass is 435 g/mol. The molecule has 1 saturated heterocycles. The fourth-order valence-corrected chi connectivity index (χ4v) is 4.21. The number of aryl methyl sites for hydroxylation is 1. The maximum absolute atomic E-state index is 12.9. The lowest BCUT2D eigenvalue weighted by Crippen LogP contribution is -2.31. The van der Waals surface area contributed by atoms with Crippen molar-refractivity contribution in [1.29, 1.82) is 0 Å². The van der Waals surface area contributed by atoms with Gasteiger partial charge in [-0.05, 0) is 55.7 Å². The third kappa shape index (κ3) is 4.18. The van der Waals surface area contributed by atoms with Crippen molar-refractivity contribution < 1.29 is 9.32 Å². The number of nitrogens with zero attached hydrogens (tertiary/aromatic N) is 4. The maximum atomic E-state index is 12.9. The third-order valence-corrected chi connectivity index (χ3v) is 5.90. The van der Waals surface area contributed by atoms with Crippen LogP contribution in [0, 0.1) is 0 Å². The topological polar surface area (TPSA) is 87.9 Å². The molecular formula is C23H22ClN5O2. The molecule has 0 saturated carbocycles. The summed E-state index contributed by atoms with van der Waals surface area (Å²) in [7, 11) is 0. The number of imidazole rings is 1. The van der Waals surface area contributed by atoms with Crippen LogP contribution in [0.1, 0.15) is 43.4 Å². The van der Waals surface area contributed by atoms with E-state index in [2.05, 4.69) is 15.1 Å². The largest absolute Gasteiger partial charge is 0.340 e. The average molecular weight is 436 g/mol. The van der Waals surface area contributed by atoms with Gasteiger partial charge in [0.05, 0.1) is 17.1 Å². The standard InChI is InChI=1S/C23H22ClN5O2/c24-16-12-10-15(11-13-16)22-27-20(31-28-22)8-3-9-21(30)29-14-4-7-19(29)23-25-17-5-1-2-6-18(17)26-23/h1-2,5-6,10-13,19H,3-4,7-9,14H2,(H,25,26). The lowest BCUT2D eigenvalue weighted by atomic mass is 10.2. The van der Waals surface area contributed by atoms with Crippen LogP contribution < -0.4 is 0 Å². The predicted molar refractivity (Wildman–Crippen MR) is 117 cm³/mol. The first kappa shape index (κ1) is 19.8. The summed E-state index contributed by atoms with van der Waals surface area (Å²) in [6, 6.07) is 15.3. The van der Waals surface area contributed by atoms with Gasteiger partial charge in [0.1, 0.15) is 5.82 Å². The summed E-state index contributed by atoms with van der Waals surface area (Å²) < 4.78 is 5.35. The maximum Gasteiger partial charge on any atom is 0.226 e. The first-order valence-corrected chi connectivity index (χ1v) is 10.9. The Morgan fingerprint density at radius 2 is 2.00 bits per heavy atom. The summed E-state index contributed by atoms with van der Waals surface area (Å²) in [5.74, 6) is 2.08. The number of halogens is 1. The molecule has 0 radical (unpaired) electrons. The van der Waals surface area contributed by atoms with Crippen molar-refractivity contribution in [3.05, 3.63) is 65.3 Å². The summed E-state index contributed by atoms with van der Waals surface area (Å²) in [6.07, 6.45) is 3.58. The highest BCUT2D eigenvalue weighted by atomic mass is 35.5. The minimum Gasteiger partial charge on any atom is -0.340 e. The van der Waals surface area contributed by atoms with Gasteiger partial charge in [0.2, 0.25) is 17.6 Å². The zero-order valence-corrected chi connectivity index (χ0v) is 17.7. The summed E-state index contributed by atoms with van der Waals surface area (Å²) in [5.41, 5.74) is 2.79. The number of para-hydroxylation sites is 2. The summed E-state index contributed by atoms with van der Waals surface area (Å²) in [6.45, 7) is 0.766. The van der Waals surface area contributed by atoms with E-state index in [0.717, 1.165) is 41.8 Å². The SMILES string of the molecule is O=C(CCCc1nc(-c2ccc(Cl)cc2)no1)N1CCCC1c1nc2ccccc2[nH]1. The van der Waals surface area contributed by atoms with Crippen molar-refractivity contribution in [2.45, 2.75) is 38.1 Å². The van der Waals surface area contributed by atoms with Gasteiger partial charge in [0.15, 0.2) is 0 Å². The summed E-state index contributed by atoms with van der Waals surface area (Å²) >= 11 is 5.92. The van der Waals surface area contributed by atoms with Crippen LogP contribution in [0.4, 0.5) is 0 Å². The number of H-pyrrole nitrogens is 1. The average Bonchev–Trinajstić information content (AvgIpc) is 3.52. The van der Waals surface area contributed by atoms with Crippen molar-refractivity contribution in [3.8, 4) is 11.4 Å². The molecule has 0 spiro atoms. The van der Waals surface area contributed by atoms with E-state index in [4.69, 9.17) is 21.1 Å². The number of carbonyl (C=O) groups is 1. The van der Waals surface area contributed by atoms with Gasteiger partial charge in [-0.15, -0.1) is 0 Å². The van der Waals surface area contributed by atoms with E-state index >= 15 is 0 Å². The second kappa shape index (κ2) is 8.51. The second-order valence-corrected chi connectivity index (χ2v) is 8.19. The van der Waals surface area contributed by atoms with Crippen molar-refractivity contribution in [2.24, 2.45) is 0 Å². The summed E-state index contributed by atoms with van der Waals surface area (Å²) in [4.78, 5) is 27.4. The predicted octanol–water partition coefficient (Wildman–Crippen LogP) is 4.95. The number of fused-ring (bicyclic) bond motifs is 1. The Balaban J connectivity index is 1.19. The van der Waals surface area contributed by atoms with Gasteiger partial charge in [0.25, 0.3) is 0 Å². The number of hydrogen-bond donors (Lipinski definition) is 1. The van der Waals surface area contributed by atoms with E-state index in [-0.39, 0.29) is 11.9 Å². The number of rotatable bonds is 6. The lowest BCUT2D eigenvalue weighted by Gasteiger charge is -2.23. The molecule has 0 bridgehead atoms. The van der Waals surface area contributed by atoms with Gasteiger partial charge >= 0.3 is 0 Å². The van der Waals surface area contributed by atoms with Gasteiger partial charge in [-0.25, -0.2) is 4.98 Å². The highest BCUT2D eigenvalue weighted by Crippen LogP contribution is 2.32. The highest BCUT2D eigenvalue weighted by Gasteiger charge is 2.31. The van der Waals surface area contributed by atoms with Crippen LogP contribution in [0.25, 0.3) is 22.4 Å². The molecule has 5 rings (SSSR count). The molecule has 1 N–H and O–H groups in total. The first-order valence-electron chi connectivity index (χ1n) is 10.5. The van der Waals surface area contributed by atoms with Crippen LogP contribution in [-0.4, -0.2) is 37.5 Å². The Hall–Kier alpha value is -3.19. The number of hydrogen-bond acceptors (Lipinski definition) is 5. The molecule has 4 aromatic rings. The van der Waals surface area contributed by atoms with Crippen LogP contribution in [0.2, 0.25) is 5.02 Å². The fraction of sp³-hybridized carbons (Fsp3) is 0.304. The molecule has 158 valence electrons. The van der Waals surface area contributed by atoms with Gasteiger partial charge in [0, 0.05) is 30.0 Å². The third-order valence-electron chi connectivity index (χ3n) is 5.65. The number of amides is 1. The molecule has 1 fully saturated rings. The Labute approximate surface area is 184 Å². The smallest absolute Gasteiger partial charge is 0.226 e. The van der Waals surface area contributed by atoms with E-state index in [0.29, 0.717) is 36.0 Å². The van der Waals surface area contributed by atoms with E-state index in [9.17, 15) is 4.79 Å². The molecule has 1 aliphatic rings. The van der Waals surface area contributed by atoms with Crippen molar-refractivity contribution in [1.82, 2.24) is 25.0 Å². The minimum absolute atomic E-state index is 0.0137. The molecule has 8 heteroatoms. The molecule has 7 nitrogen and oxygen atoms in total. The number of likely N-dealkylation sites (tertiary alicyclic amines) is 1. The normalized spacial score (nSPS) is 16.3. The van der Waals surface area contributed by atoms with E-state index < -0.39 is 0 Å². The number of aromatic amines is 1. The molecular weight excluding hydrogens is 414 g/mol. The molecule has 31 heavy (non-hydrogen) atoms. The quantitative estimate of drug-likeness (QED) is 0.462. The Morgan fingerprint density at radius 1 is 1.16 bits per heavy atom. The van der Waals surface area contributed by atoms with Crippen molar-refractivity contribution >= 4 is 28.5 Å². The Kier molecular flexibility index (Phi) is 5.42. The minimum atomic E-state index is 0.0137. The van der Waals surface area contributed by atoms with Gasteiger partial charge in [-0.3, -0.25) is 4.79 Å². The molecule has 2 aromatic heterocycles. The van der Waals surface area contributed by atoms with E-state index in [1.165, 1.54) is 0 Å². The van der Waals surface area contributed by atoms with Gasteiger partial charge < -0.3 is 14.4 Å². The van der Waals surface area contributed by atoms with E-state index in [1.54, 1.807) is 12.1 Å². The van der Waals surface area contributed by atoms with Crippen molar-refractivity contribution in [2.75, 3.05) is 6.54 Å². The Morgan fingerprint density at radius 3 is 2.84 bits per heavy atom. The molecule has 1 aliphatic heterocycles. The van der Waals surface area contributed by atoms with Gasteiger partial charge in [-0.1, -0.05) is 28.9 Å². The first-order chi connectivity index (χ1) is 15.2. The van der Waals surface area contributed by atoms with Crippen LogP contribution in [0.15, 0.2) is 53.1 Å². The lowest BCUT2D eigenvalue weighted by molar-refractivity contribution is -0.132. The second-order valence-electron chi connectivity index (χ2n) is 7.76. The molecule has 3 heterocycles. The number of benzene rings is 2. The Bertz CT molecular complexity index is 1170. The fourth-order valence-electron chi connectivity index (χ4n) is 4.09. The zero-order chi connectivity index (χ0) is 21.2. The molecule has 1 atom stereocenters. The number of carbonyl (C=O) groups excluding carboxylic acids is 1. The van der Waals surface area contributed by atoms with Crippen LogP contribution in [0.5, 0.6) is 0 Å². The van der Waals surface area contributed by atoms with E-state index in [1.807, 2.05) is 41.3 Å². The molecule has 1 amide bonds. The number of aromatic nitrogens is 4. The zero-order valence-electron chi connectivity index (χ0n) is 16.9. The highest BCUT2D eigenvalue weighted by molar-refractivity contribution is 6.30. The summed E-state index contributed by atoms with van der Waals surface area (Å²) in [5, 5.41) is 4.69. The van der Waals surface area contributed by atoms with Gasteiger partial charge in [-0.2, -0.15) is 4.98 Å². The van der Waals surface area contributed by atoms with Crippen LogP contribution >= 0.6 is 11.6 Å². The van der Waals surface area contributed by atoms with Crippen LogP contribution in [-0.2, 0) is 11.2 Å². The molecule has 0 aliphatic carbocycles.